The van der Waals surface area contributed by atoms with E-state index >= 15 is 0 Å². The molecule has 1 saturated heterocycles. The molecule has 0 aliphatic carbocycles. The molecule has 0 unspecified atom stereocenters. The van der Waals surface area contributed by atoms with Crippen LogP contribution in [0.15, 0.2) is 30.3 Å². The van der Waals surface area contributed by atoms with Crippen molar-refractivity contribution in [3.05, 3.63) is 35.9 Å². The van der Waals surface area contributed by atoms with Gasteiger partial charge in [-0.25, -0.2) is 4.79 Å². The molecular formula is C19H30N2O2. The summed E-state index contributed by atoms with van der Waals surface area (Å²) < 4.78 is 5.42. The van der Waals surface area contributed by atoms with Crippen LogP contribution in [0, 0.1) is 5.92 Å². The van der Waals surface area contributed by atoms with E-state index in [-0.39, 0.29) is 12.1 Å². The van der Waals surface area contributed by atoms with E-state index < -0.39 is 5.60 Å². The maximum absolute atomic E-state index is 12.1. The van der Waals surface area contributed by atoms with Crippen LogP contribution in [0.3, 0.4) is 0 Å². The molecular weight excluding hydrogens is 288 g/mol. The van der Waals surface area contributed by atoms with Gasteiger partial charge in [-0.3, -0.25) is 4.90 Å². The number of ether oxygens (including phenoxy) is 1. The van der Waals surface area contributed by atoms with E-state index in [4.69, 9.17) is 4.74 Å². The molecule has 0 bridgehead atoms. The van der Waals surface area contributed by atoms with Crippen LogP contribution in [-0.4, -0.2) is 35.7 Å². The Balaban J connectivity index is 1.94. The summed E-state index contributed by atoms with van der Waals surface area (Å²) in [6.45, 7) is 10.8. The third-order valence-electron chi connectivity index (χ3n) is 4.32. The van der Waals surface area contributed by atoms with Crippen LogP contribution in [0.25, 0.3) is 0 Å². The second-order valence-corrected chi connectivity index (χ2v) is 7.43. The average molecular weight is 318 g/mol. The highest BCUT2D eigenvalue weighted by atomic mass is 16.6. The van der Waals surface area contributed by atoms with Gasteiger partial charge in [0.15, 0.2) is 0 Å². The zero-order valence-corrected chi connectivity index (χ0v) is 14.8. The fraction of sp³-hybridized carbons (Fsp3) is 0.632. The van der Waals surface area contributed by atoms with E-state index in [1.54, 1.807) is 0 Å². The maximum atomic E-state index is 12.1. The summed E-state index contributed by atoms with van der Waals surface area (Å²) in [5, 5.41) is 3.09. The number of rotatable bonds is 4. The van der Waals surface area contributed by atoms with Crippen molar-refractivity contribution in [1.29, 1.82) is 0 Å². The van der Waals surface area contributed by atoms with Crippen molar-refractivity contribution in [3.63, 3.8) is 0 Å². The summed E-state index contributed by atoms with van der Waals surface area (Å²) in [7, 11) is 0. The van der Waals surface area contributed by atoms with E-state index in [0.717, 1.165) is 32.5 Å². The molecule has 0 spiro atoms. The third-order valence-corrected chi connectivity index (χ3v) is 4.32. The Labute approximate surface area is 140 Å². The first kappa shape index (κ1) is 17.8. The molecule has 1 fully saturated rings. The van der Waals surface area contributed by atoms with Gasteiger partial charge in [-0.05, 0) is 45.2 Å². The minimum Gasteiger partial charge on any atom is -0.444 e. The standard InChI is InChI=1S/C19H30N2O2/c1-5-16-11-12-21(13-15-9-7-6-8-10-15)14-17(16)20-18(22)23-19(2,3)4/h6-10,16-17H,5,11-14H2,1-4H3,(H,20,22)/t16-,17-/m1/s1. The monoisotopic (exact) mass is 318 g/mol. The Hall–Kier alpha value is -1.55. The molecule has 1 N–H and O–H groups in total. The van der Waals surface area contributed by atoms with Crippen LogP contribution >= 0.6 is 0 Å². The molecule has 1 amide bonds. The lowest BCUT2D eigenvalue weighted by atomic mass is 9.89. The Morgan fingerprint density at radius 3 is 2.61 bits per heavy atom. The molecule has 2 rings (SSSR count). The molecule has 1 heterocycles. The first-order chi connectivity index (χ1) is 10.9. The molecule has 23 heavy (non-hydrogen) atoms. The van der Waals surface area contributed by atoms with Gasteiger partial charge in [0.2, 0.25) is 0 Å². The summed E-state index contributed by atoms with van der Waals surface area (Å²) in [4.78, 5) is 14.5. The third kappa shape index (κ3) is 5.87. The second kappa shape index (κ2) is 7.82. The quantitative estimate of drug-likeness (QED) is 0.918. The number of piperidine rings is 1. The van der Waals surface area contributed by atoms with Crippen molar-refractivity contribution in [1.82, 2.24) is 10.2 Å². The largest absolute Gasteiger partial charge is 0.444 e. The smallest absolute Gasteiger partial charge is 0.407 e. The van der Waals surface area contributed by atoms with Gasteiger partial charge in [0.1, 0.15) is 5.60 Å². The highest BCUT2D eigenvalue weighted by Gasteiger charge is 2.30. The van der Waals surface area contributed by atoms with E-state index in [0.29, 0.717) is 5.92 Å². The van der Waals surface area contributed by atoms with E-state index in [1.807, 2.05) is 26.8 Å². The van der Waals surface area contributed by atoms with Crippen LogP contribution in [0.1, 0.15) is 46.1 Å². The Morgan fingerprint density at radius 1 is 1.30 bits per heavy atom. The summed E-state index contributed by atoms with van der Waals surface area (Å²) >= 11 is 0. The topological polar surface area (TPSA) is 41.6 Å². The number of carbonyl (C=O) groups is 1. The molecule has 0 saturated carbocycles. The van der Waals surface area contributed by atoms with Crippen molar-refractivity contribution in [3.8, 4) is 0 Å². The Kier molecular flexibility index (Phi) is 6.05. The molecule has 1 aromatic carbocycles. The summed E-state index contributed by atoms with van der Waals surface area (Å²) in [5.41, 5.74) is 0.864. The SMILES string of the molecule is CC[C@@H]1CCN(Cc2ccccc2)C[C@H]1NC(=O)OC(C)(C)C. The van der Waals surface area contributed by atoms with E-state index in [1.165, 1.54) is 5.56 Å². The zero-order chi connectivity index (χ0) is 16.9. The predicted molar refractivity (Wildman–Crippen MR) is 93.3 cm³/mol. The lowest BCUT2D eigenvalue weighted by Gasteiger charge is -2.38. The fourth-order valence-electron chi connectivity index (χ4n) is 3.16. The molecule has 4 heteroatoms. The van der Waals surface area contributed by atoms with Crippen molar-refractivity contribution in [2.45, 2.75) is 58.7 Å². The first-order valence-corrected chi connectivity index (χ1v) is 8.63. The van der Waals surface area contributed by atoms with Crippen LogP contribution in [0.5, 0.6) is 0 Å². The number of alkyl carbamates (subject to hydrolysis) is 1. The van der Waals surface area contributed by atoms with Crippen molar-refractivity contribution >= 4 is 6.09 Å². The lowest BCUT2D eigenvalue weighted by molar-refractivity contribution is 0.0422. The minimum absolute atomic E-state index is 0.160. The molecule has 128 valence electrons. The molecule has 1 aliphatic heterocycles. The number of amides is 1. The van der Waals surface area contributed by atoms with Gasteiger partial charge in [-0.2, -0.15) is 0 Å². The number of benzene rings is 1. The number of likely N-dealkylation sites (tertiary alicyclic amines) is 1. The van der Waals surface area contributed by atoms with Gasteiger partial charge in [0.25, 0.3) is 0 Å². The minimum atomic E-state index is -0.454. The highest BCUT2D eigenvalue weighted by molar-refractivity contribution is 5.68. The normalized spacial score (nSPS) is 22.6. The van der Waals surface area contributed by atoms with Gasteiger partial charge in [0, 0.05) is 19.1 Å². The molecule has 0 radical (unpaired) electrons. The second-order valence-electron chi connectivity index (χ2n) is 7.43. The van der Waals surface area contributed by atoms with Gasteiger partial charge in [-0.15, -0.1) is 0 Å². The number of hydrogen-bond donors (Lipinski definition) is 1. The van der Waals surface area contributed by atoms with E-state index in [2.05, 4.69) is 41.4 Å². The van der Waals surface area contributed by atoms with Gasteiger partial charge in [0.05, 0.1) is 0 Å². The van der Waals surface area contributed by atoms with Crippen LogP contribution < -0.4 is 5.32 Å². The van der Waals surface area contributed by atoms with Gasteiger partial charge >= 0.3 is 6.09 Å². The maximum Gasteiger partial charge on any atom is 0.407 e. The first-order valence-electron chi connectivity index (χ1n) is 8.63. The number of hydrogen-bond acceptors (Lipinski definition) is 3. The molecule has 1 aliphatic rings. The molecule has 4 nitrogen and oxygen atoms in total. The number of nitrogens with one attached hydrogen (secondary N) is 1. The van der Waals surface area contributed by atoms with Crippen LogP contribution in [-0.2, 0) is 11.3 Å². The number of carbonyl (C=O) groups excluding carboxylic acids is 1. The van der Waals surface area contributed by atoms with E-state index in [9.17, 15) is 4.79 Å². The number of nitrogens with zero attached hydrogens (tertiary/aromatic N) is 1. The van der Waals surface area contributed by atoms with Crippen molar-refractivity contribution < 1.29 is 9.53 Å². The molecule has 1 aromatic rings. The average Bonchev–Trinajstić information content (AvgIpc) is 2.46. The van der Waals surface area contributed by atoms with Crippen molar-refractivity contribution in [2.75, 3.05) is 13.1 Å². The van der Waals surface area contributed by atoms with Crippen LogP contribution in [0.4, 0.5) is 4.79 Å². The van der Waals surface area contributed by atoms with Gasteiger partial charge in [-0.1, -0.05) is 43.7 Å². The summed E-state index contributed by atoms with van der Waals surface area (Å²) in [6, 6.07) is 10.7. The lowest BCUT2D eigenvalue weighted by Crippen LogP contribution is -2.53. The van der Waals surface area contributed by atoms with Gasteiger partial charge < -0.3 is 10.1 Å². The Bertz CT molecular complexity index is 496. The fourth-order valence-corrected chi connectivity index (χ4v) is 3.16. The molecule has 0 aromatic heterocycles. The summed E-state index contributed by atoms with van der Waals surface area (Å²) in [5.74, 6) is 0.523. The highest BCUT2D eigenvalue weighted by Crippen LogP contribution is 2.22. The Morgan fingerprint density at radius 2 is 2.00 bits per heavy atom. The molecule has 2 atom stereocenters. The van der Waals surface area contributed by atoms with Crippen molar-refractivity contribution in [2.24, 2.45) is 5.92 Å². The zero-order valence-electron chi connectivity index (χ0n) is 14.8. The predicted octanol–water partition coefficient (Wildman–Crippen LogP) is 3.81. The van der Waals surface area contributed by atoms with Crippen LogP contribution in [0.2, 0.25) is 0 Å². The summed E-state index contributed by atoms with van der Waals surface area (Å²) in [6.07, 6.45) is 1.89.